The lowest BCUT2D eigenvalue weighted by molar-refractivity contribution is 0.156. The van der Waals surface area contributed by atoms with Crippen LogP contribution in [0.1, 0.15) is 11.1 Å². The third kappa shape index (κ3) is 4.14. The lowest BCUT2D eigenvalue weighted by Gasteiger charge is -2.20. The summed E-state index contributed by atoms with van der Waals surface area (Å²) in [6.07, 6.45) is 1.81. The molecule has 3 nitrogen and oxygen atoms in total. The molecule has 0 heterocycles. The molecule has 1 rings (SSSR count). The van der Waals surface area contributed by atoms with Gasteiger partial charge in [-0.05, 0) is 11.1 Å². The predicted octanol–water partition coefficient (Wildman–Crippen LogP) is 1.12. The fourth-order valence-corrected chi connectivity index (χ4v) is 1.57. The van der Waals surface area contributed by atoms with Crippen LogP contribution in [0.25, 0.3) is 6.08 Å². The standard InChI is InChI=1S/C13H19NO2/c1-2-12-3-5-13(6-4-12)11-14(7-9-15)8-10-16/h2-6,15-16H,1,7-11H2. The summed E-state index contributed by atoms with van der Waals surface area (Å²) in [4.78, 5) is 2.02. The molecule has 2 N–H and O–H groups in total. The highest BCUT2D eigenvalue weighted by atomic mass is 16.3. The topological polar surface area (TPSA) is 43.7 Å². The van der Waals surface area contributed by atoms with Crippen molar-refractivity contribution in [1.82, 2.24) is 4.90 Å². The van der Waals surface area contributed by atoms with Crippen LogP contribution in [-0.2, 0) is 6.54 Å². The Labute approximate surface area is 96.6 Å². The Morgan fingerprint density at radius 2 is 1.62 bits per heavy atom. The molecule has 0 aliphatic rings. The number of hydrogen-bond acceptors (Lipinski definition) is 3. The summed E-state index contributed by atoms with van der Waals surface area (Å²) in [5.41, 5.74) is 2.27. The van der Waals surface area contributed by atoms with E-state index in [0.29, 0.717) is 13.1 Å². The van der Waals surface area contributed by atoms with Crippen molar-refractivity contribution in [3.8, 4) is 0 Å². The first-order chi connectivity index (χ1) is 7.80. The molecule has 0 radical (unpaired) electrons. The number of aliphatic hydroxyl groups is 2. The van der Waals surface area contributed by atoms with Crippen LogP contribution in [0.15, 0.2) is 30.8 Å². The molecule has 0 unspecified atom stereocenters. The van der Waals surface area contributed by atoms with E-state index in [-0.39, 0.29) is 13.2 Å². The van der Waals surface area contributed by atoms with Crippen LogP contribution in [0, 0.1) is 0 Å². The summed E-state index contributed by atoms with van der Waals surface area (Å²) < 4.78 is 0. The van der Waals surface area contributed by atoms with Crippen molar-refractivity contribution in [3.05, 3.63) is 42.0 Å². The summed E-state index contributed by atoms with van der Waals surface area (Å²) in [6.45, 7) is 5.86. The summed E-state index contributed by atoms with van der Waals surface area (Å²) in [6, 6.07) is 8.11. The average molecular weight is 221 g/mol. The van der Waals surface area contributed by atoms with Gasteiger partial charge in [0, 0.05) is 19.6 Å². The molecule has 3 heteroatoms. The van der Waals surface area contributed by atoms with E-state index in [1.807, 2.05) is 35.2 Å². The second-order valence-corrected chi connectivity index (χ2v) is 3.67. The average Bonchev–Trinajstić information content (AvgIpc) is 2.31. The number of hydrogen-bond donors (Lipinski definition) is 2. The zero-order chi connectivity index (χ0) is 11.8. The van der Waals surface area contributed by atoms with Crippen molar-refractivity contribution in [2.24, 2.45) is 0 Å². The van der Waals surface area contributed by atoms with E-state index in [0.717, 1.165) is 12.1 Å². The van der Waals surface area contributed by atoms with Gasteiger partial charge < -0.3 is 10.2 Å². The lowest BCUT2D eigenvalue weighted by Crippen LogP contribution is -2.29. The van der Waals surface area contributed by atoms with Crippen molar-refractivity contribution in [2.45, 2.75) is 6.54 Å². The molecule has 0 aliphatic carbocycles. The third-order valence-corrected chi connectivity index (χ3v) is 2.45. The van der Waals surface area contributed by atoms with Gasteiger partial charge >= 0.3 is 0 Å². The first kappa shape index (κ1) is 12.9. The minimum Gasteiger partial charge on any atom is -0.395 e. The highest BCUT2D eigenvalue weighted by Crippen LogP contribution is 2.08. The number of nitrogens with zero attached hydrogens (tertiary/aromatic N) is 1. The molecule has 0 fully saturated rings. The van der Waals surface area contributed by atoms with Gasteiger partial charge in [-0.2, -0.15) is 0 Å². The van der Waals surface area contributed by atoms with Crippen LogP contribution >= 0.6 is 0 Å². The largest absolute Gasteiger partial charge is 0.395 e. The summed E-state index contributed by atoms with van der Waals surface area (Å²) in [7, 11) is 0. The fraction of sp³-hybridized carbons (Fsp3) is 0.385. The molecule has 1 aromatic carbocycles. The number of aliphatic hydroxyl groups excluding tert-OH is 2. The quantitative estimate of drug-likeness (QED) is 0.725. The molecular weight excluding hydrogens is 202 g/mol. The Balaban J connectivity index is 2.58. The zero-order valence-electron chi connectivity index (χ0n) is 9.47. The molecule has 1 aromatic rings. The van der Waals surface area contributed by atoms with Gasteiger partial charge in [0.2, 0.25) is 0 Å². The molecule has 0 bridgehead atoms. The smallest absolute Gasteiger partial charge is 0.0558 e. The van der Waals surface area contributed by atoms with Gasteiger partial charge in [0.15, 0.2) is 0 Å². The Morgan fingerprint density at radius 1 is 1.06 bits per heavy atom. The Kier molecular flexibility index (Phi) is 5.78. The van der Waals surface area contributed by atoms with Crippen molar-refractivity contribution in [3.63, 3.8) is 0 Å². The van der Waals surface area contributed by atoms with Crippen molar-refractivity contribution < 1.29 is 10.2 Å². The van der Waals surface area contributed by atoms with Gasteiger partial charge in [-0.1, -0.05) is 36.9 Å². The highest BCUT2D eigenvalue weighted by Gasteiger charge is 2.04. The van der Waals surface area contributed by atoms with Crippen LogP contribution in [0.2, 0.25) is 0 Å². The fourth-order valence-electron chi connectivity index (χ4n) is 1.57. The van der Waals surface area contributed by atoms with E-state index < -0.39 is 0 Å². The summed E-state index contributed by atoms with van der Waals surface area (Å²) in [5, 5.41) is 17.8. The van der Waals surface area contributed by atoms with Crippen molar-refractivity contribution in [2.75, 3.05) is 26.3 Å². The van der Waals surface area contributed by atoms with Crippen LogP contribution in [0.5, 0.6) is 0 Å². The van der Waals surface area contributed by atoms with Gasteiger partial charge in [-0.15, -0.1) is 0 Å². The second kappa shape index (κ2) is 7.17. The zero-order valence-corrected chi connectivity index (χ0v) is 9.47. The normalized spacial score (nSPS) is 10.7. The monoisotopic (exact) mass is 221 g/mol. The maximum atomic E-state index is 8.89. The molecule has 0 aliphatic heterocycles. The van der Waals surface area contributed by atoms with E-state index in [9.17, 15) is 0 Å². The van der Waals surface area contributed by atoms with Gasteiger partial charge in [-0.3, -0.25) is 4.90 Å². The van der Waals surface area contributed by atoms with Crippen molar-refractivity contribution >= 4 is 6.08 Å². The van der Waals surface area contributed by atoms with Crippen LogP contribution in [-0.4, -0.2) is 41.4 Å². The molecule has 0 atom stereocenters. The first-order valence-corrected chi connectivity index (χ1v) is 5.45. The molecule has 0 spiro atoms. The van der Waals surface area contributed by atoms with Crippen LogP contribution in [0.3, 0.4) is 0 Å². The molecule has 0 saturated heterocycles. The molecule has 0 amide bonds. The summed E-state index contributed by atoms with van der Waals surface area (Å²) in [5.74, 6) is 0. The number of benzene rings is 1. The second-order valence-electron chi connectivity index (χ2n) is 3.67. The van der Waals surface area contributed by atoms with Gasteiger partial charge in [0.25, 0.3) is 0 Å². The minimum absolute atomic E-state index is 0.116. The van der Waals surface area contributed by atoms with E-state index in [1.165, 1.54) is 5.56 Å². The molecule has 88 valence electrons. The van der Waals surface area contributed by atoms with E-state index in [2.05, 4.69) is 6.58 Å². The molecule has 0 saturated carbocycles. The third-order valence-electron chi connectivity index (χ3n) is 2.45. The van der Waals surface area contributed by atoms with Crippen LogP contribution in [0.4, 0.5) is 0 Å². The predicted molar refractivity (Wildman–Crippen MR) is 66.0 cm³/mol. The van der Waals surface area contributed by atoms with Crippen LogP contribution < -0.4 is 0 Å². The van der Waals surface area contributed by atoms with Gasteiger partial charge in [0.1, 0.15) is 0 Å². The van der Waals surface area contributed by atoms with Gasteiger partial charge in [-0.25, -0.2) is 0 Å². The lowest BCUT2D eigenvalue weighted by atomic mass is 10.1. The highest BCUT2D eigenvalue weighted by molar-refractivity contribution is 5.47. The minimum atomic E-state index is 0.116. The molecular formula is C13H19NO2. The van der Waals surface area contributed by atoms with Gasteiger partial charge in [0.05, 0.1) is 13.2 Å². The maximum absolute atomic E-state index is 8.89. The Morgan fingerprint density at radius 3 is 2.06 bits per heavy atom. The molecule has 16 heavy (non-hydrogen) atoms. The maximum Gasteiger partial charge on any atom is 0.0558 e. The van der Waals surface area contributed by atoms with E-state index >= 15 is 0 Å². The Bertz CT molecular complexity index is 302. The Hall–Kier alpha value is -1.16. The number of rotatable bonds is 7. The first-order valence-electron chi connectivity index (χ1n) is 5.45. The molecule has 0 aromatic heterocycles. The van der Waals surface area contributed by atoms with Crippen molar-refractivity contribution in [1.29, 1.82) is 0 Å². The van der Waals surface area contributed by atoms with E-state index in [4.69, 9.17) is 10.2 Å². The van der Waals surface area contributed by atoms with E-state index in [1.54, 1.807) is 0 Å². The summed E-state index contributed by atoms with van der Waals surface area (Å²) >= 11 is 0. The SMILES string of the molecule is C=Cc1ccc(CN(CCO)CCO)cc1.